The van der Waals surface area contributed by atoms with Crippen LogP contribution in [0.4, 0.5) is 19.0 Å². The molecule has 1 amide bonds. The van der Waals surface area contributed by atoms with E-state index in [4.69, 9.17) is 0 Å². The maximum atomic E-state index is 12.8. The highest BCUT2D eigenvalue weighted by molar-refractivity contribution is 7.88. The number of hydrogen-bond acceptors (Lipinski definition) is 5. The van der Waals surface area contributed by atoms with E-state index in [-0.39, 0.29) is 6.54 Å². The van der Waals surface area contributed by atoms with Crippen LogP contribution in [0.3, 0.4) is 0 Å². The molecule has 0 unspecified atom stereocenters. The second kappa shape index (κ2) is 7.92. The minimum Gasteiger partial charge on any atom is -0.371 e. The van der Waals surface area contributed by atoms with Gasteiger partial charge in [-0.2, -0.15) is 22.6 Å². The molecule has 0 radical (unpaired) electrons. The van der Waals surface area contributed by atoms with E-state index in [0.29, 0.717) is 25.2 Å². The van der Waals surface area contributed by atoms with Crippen LogP contribution in [0.25, 0.3) is 0 Å². The molecule has 0 aliphatic carbocycles. The van der Waals surface area contributed by atoms with E-state index in [2.05, 4.69) is 9.84 Å². The molecule has 2 heterocycles. The summed E-state index contributed by atoms with van der Waals surface area (Å²) in [5, 5.41) is 3.99. The first-order valence-electron chi connectivity index (χ1n) is 7.91. The van der Waals surface area contributed by atoms with Gasteiger partial charge in [0.2, 0.25) is 15.9 Å². The van der Waals surface area contributed by atoms with E-state index in [1.54, 1.807) is 13.1 Å². The van der Waals surface area contributed by atoms with Crippen molar-refractivity contribution >= 4 is 21.7 Å². The van der Waals surface area contributed by atoms with Gasteiger partial charge in [-0.15, -0.1) is 0 Å². The molecule has 2 rings (SSSR count). The number of alkyl halides is 3. The molecule has 0 saturated carbocycles. The maximum absolute atomic E-state index is 12.8. The second-order valence-corrected chi connectivity index (χ2v) is 7.94. The first-order chi connectivity index (χ1) is 12.0. The Hall–Kier alpha value is -1.66. The van der Waals surface area contributed by atoms with Gasteiger partial charge in [0, 0.05) is 26.2 Å². The number of ether oxygens (including phenoxy) is 1. The van der Waals surface area contributed by atoms with Crippen molar-refractivity contribution in [3.05, 3.63) is 12.3 Å². The molecule has 12 heteroatoms. The highest BCUT2D eigenvalue weighted by atomic mass is 32.2. The second-order valence-electron chi connectivity index (χ2n) is 6.00. The van der Waals surface area contributed by atoms with Gasteiger partial charge in [-0.05, 0) is 12.8 Å². The number of hydrogen-bond donors (Lipinski definition) is 0. The lowest BCUT2D eigenvalue weighted by atomic mass is 10.0. The third-order valence-corrected chi connectivity index (χ3v) is 5.27. The molecule has 1 aliphatic rings. The molecule has 148 valence electrons. The van der Waals surface area contributed by atoms with Gasteiger partial charge in [0.25, 0.3) is 0 Å². The van der Waals surface area contributed by atoms with Gasteiger partial charge in [0.15, 0.2) is 0 Å². The molecule has 1 saturated heterocycles. The van der Waals surface area contributed by atoms with Crippen molar-refractivity contribution in [2.75, 3.05) is 37.5 Å². The predicted molar refractivity (Wildman–Crippen MR) is 87.0 cm³/mol. The quantitative estimate of drug-likeness (QED) is 0.633. The Kier molecular flexibility index (Phi) is 6.29. The first kappa shape index (κ1) is 20.6. The third-order valence-electron chi connectivity index (χ3n) is 3.98. The Bertz CT molecular complexity index is 735. The number of carbonyl (C=O) groups is 1. The highest BCUT2D eigenvalue weighted by Crippen LogP contribution is 2.24. The summed E-state index contributed by atoms with van der Waals surface area (Å²) in [5.41, 5.74) is 0. The lowest BCUT2D eigenvalue weighted by Gasteiger charge is -2.37. The van der Waals surface area contributed by atoms with Crippen molar-refractivity contribution in [1.29, 1.82) is 0 Å². The van der Waals surface area contributed by atoms with Crippen molar-refractivity contribution in [2.45, 2.75) is 25.1 Å². The van der Waals surface area contributed by atoms with Crippen molar-refractivity contribution in [3.8, 4) is 0 Å². The number of amides is 1. The number of sulfonamides is 1. The number of piperidine rings is 1. The molecule has 0 aromatic carbocycles. The van der Waals surface area contributed by atoms with E-state index in [1.807, 2.05) is 0 Å². The van der Waals surface area contributed by atoms with Crippen molar-refractivity contribution in [2.24, 2.45) is 7.05 Å². The van der Waals surface area contributed by atoms with E-state index >= 15 is 0 Å². The Morgan fingerprint density at radius 3 is 2.65 bits per heavy atom. The van der Waals surface area contributed by atoms with Gasteiger partial charge in [0.05, 0.1) is 19.1 Å². The largest absolute Gasteiger partial charge is 0.411 e. The number of carbonyl (C=O) groups excluding carboxylic acids is 1. The van der Waals surface area contributed by atoms with Gasteiger partial charge in [0.1, 0.15) is 18.5 Å². The molecule has 1 aromatic rings. The highest BCUT2D eigenvalue weighted by Gasteiger charge is 2.38. The Labute approximate surface area is 149 Å². The van der Waals surface area contributed by atoms with Crippen LogP contribution in [0.5, 0.6) is 0 Å². The van der Waals surface area contributed by atoms with Crippen molar-refractivity contribution < 1.29 is 31.1 Å². The summed E-state index contributed by atoms with van der Waals surface area (Å²) in [7, 11) is -2.16. The van der Waals surface area contributed by atoms with Crippen LogP contribution >= 0.6 is 0 Å². The summed E-state index contributed by atoms with van der Waals surface area (Å²) >= 11 is 0. The molecule has 8 nitrogen and oxygen atoms in total. The Morgan fingerprint density at radius 2 is 2.12 bits per heavy atom. The van der Waals surface area contributed by atoms with Crippen LogP contribution in [-0.2, 0) is 26.6 Å². The fourth-order valence-corrected chi connectivity index (χ4v) is 3.94. The van der Waals surface area contributed by atoms with Crippen molar-refractivity contribution in [1.82, 2.24) is 14.1 Å². The lowest BCUT2D eigenvalue weighted by molar-refractivity contribution is -0.174. The normalized spacial score (nSPS) is 19.4. The topological polar surface area (TPSA) is 84.7 Å². The zero-order chi connectivity index (χ0) is 19.5. The van der Waals surface area contributed by atoms with E-state index in [9.17, 15) is 26.4 Å². The zero-order valence-corrected chi connectivity index (χ0v) is 15.3. The summed E-state index contributed by atoms with van der Waals surface area (Å²) < 4.78 is 67.5. The molecular weight excluding hydrogens is 377 g/mol. The zero-order valence-electron chi connectivity index (χ0n) is 14.4. The first-order valence-corrected chi connectivity index (χ1v) is 9.76. The Morgan fingerprint density at radius 1 is 1.42 bits per heavy atom. The van der Waals surface area contributed by atoms with Crippen LogP contribution in [0, 0.1) is 0 Å². The Balaban J connectivity index is 2.12. The van der Waals surface area contributed by atoms with Gasteiger partial charge in [-0.25, -0.2) is 8.42 Å². The average molecular weight is 398 g/mol. The molecule has 0 bridgehead atoms. The van der Waals surface area contributed by atoms with Crippen LogP contribution < -0.4 is 4.90 Å². The fraction of sp³-hybridized carbons (Fsp3) is 0.714. The molecule has 1 atom stereocenters. The molecule has 0 spiro atoms. The van der Waals surface area contributed by atoms with E-state index in [0.717, 1.165) is 10.6 Å². The molecule has 1 fully saturated rings. The maximum Gasteiger partial charge on any atom is 0.411 e. The summed E-state index contributed by atoms with van der Waals surface area (Å²) in [6, 6.07) is 0.653. The molecule has 0 N–H and O–H groups in total. The average Bonchev–Trinajstić information content (AvgIpc) is 2.92. The smallest absolute Gasteiger partial charge is 0.371 e. The predicted octanol–water partition coefficient (Wildman–Crippen LogP) is 0.756. The summed E-state index contributed by atoms with van der Waals surface area (Å²) in [6.07, 6.45) is -1.21. The van der Waals surface area contributed by atoms with Gasteiger partial charge in [-0.3, -0.25) is 14.4 Å². The molecule has 26 heavy (non-hydrogen) atoms. The van der Waals surface area contributed by atoms with Crippen molar-refractivity contribution in [3.63, 3.8) is 0 Å². The number of halogens is 3. The van der Waals surface area contributed by atoms with E-state index < -0.39 is 41.4 Å². The third kappa shape index (κ3) is 5.17. The van der Waals surface area contributed by atoms with Crippen LogP contribution in [0.1, 0.15) is 12.8 Å². The number of anilines is 1. The number of aromatic nitrogens is 2. The summed E-state index contributed by atoms with van der Waals surface area (Å²) in [4.78, 5) is 14.3. The summed E-state index contributed by atoms with van der Waals surface area (Å²) in [6.45, 7) is -1.84. The molecule has 1 aliphatic heterocycles. The summed E-state index contributed by atoms with van der Waals surface area (Å²) in [5.74, 6) is 0.0996. The number of aryl methyl sites for hydroxylation is 1. The molecule has 1 aromatic heterocycles. The minimum absolute atomic E-state index is 0.291. The van der Waals surface area contributed by atoms with E-state index in [1.165, 1.54) is 15.8 Å². The number of nitrogens with zero attached hydrogens (tertiary/aromatic N) is 4. The van der Waals surface area contributed by atoms with Crippen LogP contribution in [0.2, 0.25) is 0 Å². The van der Waals surface area contributed by atoms with Gasteiger partial charge < -0.3 is 4.74 Å². The molecular formula is C14H21F3N4O4S. The fourth-order valence-electron chi connectivity index (χ4n) is 2.88. The SMILES string of the molecule is Cn1nccc1N1CCC[C@H](N(CCOCC(F)(F)F)S(C)(=O)=O)C1=O. The van der Waals surface area contributed by atoms with Gasteiger partial charge >= 0.3 is 6.18 Å². The lowest BCUT2D eigenvalue weighted by Crippen LogP contribution is -2.55. The van der Waals surface area contributed by atoms with Crippen LogP contribution in [-0.4, -0.2) is 73.2 Å². The van der Waals surface area contributed by atoms with Gasteiger partial charge in [-0.1, -0.05) is 0 Å². The number of rotatable bonds is 7. The monoisotopic (exact) mass is 398 g/mol. The van der Waals surface area contributed by atoms with Crippen LogP contribution in [0.15, 0.2) is 12.3 Å². The standard InChI is InChI=1S/C14H21F3N4O4S/c1-19-12(5-6-18-19)20-7-3-4-11(13(20)22)21(26(2,23)24)8-9-25-10-14(15,16)17/h5-6,11H,3-4,7-10H2,1-2H3/t11-/m0/s1. The minimum atomic E-state index is -4.49.